The number of esters is 1. The van der Waals surface area contributed by atoms with Gasteiger partial charge < -0.3 is 4.74 Å². The van der Waals surface area contributed by atoms with Crippen molar-refractivity contribution >= 4 is 49.5 Å². The number of aromatic nitrogens is 2. The van der Waals surface area contributed by atoms with E-state index in [-0.39, 0.29) is 6.61 Å². The number of rotatable bonds is 7. The van der Waals surface area contributed by atoms with E-state index in [9.17, 15) is 9.59 Å². The predicted molar refractivity (Wildman–Crippen MR) is 128 cm³/mol. The number of fused-ring (bicyclic) bond motifs is 2. The van der Waals surface area contributed by atoms with Gasteiger partial charge in [0.15, 0.2) is 11.7 Å². The Kier molecular flexibility index (Phi) is 6.46. The number of nitrogens with one attached hydrogen (secondary N) is 1. The molecule has 0 aliphatic heterocycles. The van der Waals surface area contributed by atoms with Gasteiger partial charge in [-0.2, -0.15) is 0 Å². The van der Waals surface area contributed by atoms with Gasteiger partial charge in [-0.05, 0) is 49.1 Å². The molecule has 164 valence electrons. The Morgan fingerprint density at radius 3 is 2.66 bits per heavy atom. The van der Waals surface area contributed by atoms with Gasteiger partial charge in [-0.1, -0.05) is 55.9 Å². The van der Waals surface area contributed by atoms with Crippen LogP contribution in [0.4, 0.5) is 5.13 Å². The number of nitrogens with zero attached hydrogens (tertiary/aromatic N) is 2. The van der Waals surface area contributed by atoms with Crippen LogP contribution < -0.4 is 5.32 Å². The topological polar surface area (TPSA) is 81.2 Å². The van der Waals surface area contributed by atoms with Crippen LogP contribution in [0.2, 0.25) is 0 Å². The molecule has 7 heteroatoms. The number of carbonyl (C=O) groups is 2. The molecule has 0 aliphatic rings. The lowest BCUT2D eigenvalue weighted by Crippen LogP contribution is -2.22. The molecule has 0 saturated heterocycles. The highest BCUT2D eigenvalue weighted by Gasteiger charge is 2.21. The van der Waals surface area contributed by atoms with Gasteiger partial charge in [0, 0.05) is 11.1 Å². The summed E-state index contributed by atoms with van der Waals surface area (Å²) in [5.41, 5.74) is 5.02. The van der Waals surface area contributed by atoms with Gasteiger partial charge in [0.2, 0.25) is 0 Å². The van der Waals surface area contributed by atoms with Crippen molar-refractivity contribution in [2.75, 3.05) is 11.9 Å². The quantitative estimate of drug-likeness (QED) is 0.380. The number of thiazole rings is 1. The number of hydrogen-bond acceptors (Lipinski definition) is 6. The van der Waals surface area contributed by atoms with Crippen LogP contribution in [-0.4, -0.2) is 28.5 Å². The van der Waals surface area contributed by atoms with Crippen LogP contribution in [0, 0.1) is 6.92 Å². The van der Waals surface area contributed by atoms with Crippen molar-refractivity contribution in [2.45, 2.75) is 40.0 Å². The highest BCUT2D eigenvalue weighted by atomic mass is 32.1. The average Bonchev–Trinajstić information content (AvgIpc) is 3.17. The van der Waals surface area contributed by atoms with Crippen LogP contribution in [-0.2, 0) is 22.4 Å². The van der Waals surface area contributed by atoms with Crippen LogP contribution in [0.15, 0.2) is 42.5 Å². The molecule has 4 rings (SSSR count). The summed E-state index contributed by atoms with van der Waals surface area (Å²) in [6.07, 6.45) is 2.37. The Morgan fingerprint density at radius 1 is 1.06 bits per heavy atom. The smallest absolute Gasteiger partial charge is 0.339 e. The molecular weight excluding hydrogens is 422 g/mol. The number of pyridine rings is 1. The molecule has 0 saturated carbocycles. The van der Waals surface area contributed by atoms with Crippen molar-refractivity contribution in [1.82, 2.24) is 9.97 Å². The van der Waals surface area contributed by atoms with Crippen molar-refractivity contribution in [2.24, 2.45) is 0 Å². The molecule has 1 N–H and O–H groups in total. The van der Waals surface area contributed by atoms with E-state index < -0.39 is 11.9 Å². The van der Waals surface area contributed by atoms with E-state index in [0.717, 1.165) is 50.8 Å². The van der Waals surface area contributed by atoms with Crippen molar-refractivity contribution < 1.29 is 14.3 Å². The lowest BCUT2D eigenvalue weighted by molar-refractivity contribution is -0.119. The molecule has 0 atom stereocenters. The third-order valence-electron chi connectivity index (χ3n) is 5.25. The van der Waals surface area contributed by atoms with Crippen LogP contribution in [0.5, 0.6) is 0 Å². The predicted octanol–water partition coefficient (Wildman–Crippen LogP) is 5.46. The highest BCUT2D eigenvalue weighted by molar-refractivity contribution is 7.22. The Morgan fingerprint density at radius 2 is 1.88 bits per heavy atom. The number of amides is 1. The standard InChI is InChI=1S/C25H25N3O3S/c1-4-8-18-16(5-2)23(17-9-6-7-10-19(17)26-18)24(30)31-14-22(29)28-25-27-20-12-11-15(3)13-21(20)32-25/h6-7,9-13H,4-5,8,14H2,1-3H3,(H,27,28,29). The minimum atomic E-state index is -0.507. The summed E-state index contributed by atoms with van der Waals surface area (Å²) in [4.78, 5) is 34.7. The summed E-state index contributed by atoms with van der Waals surface area (Å²) < 4.78 is 6.43. The molecule has 0 bridgehead atoms. The zero-order chi connectivity index (χ0) is 22.7. The number of hydrogen-bond donors (Lipinski definition) is 1. The molecule has 2 aromatic carbocycles. The van der Waals surface area contributed by atoms with E-state index in [4.69, 9.17) is 9.72 Å². The molecule has 2 aromatic heterocycles. The molecule has 0 spiro atoms. The first-order valence-corrected chi connectivity index (χ1v) is 11.6. The van der Waals surface area contributed by atoms with Crippen molar-refractivity contribution in [1.29, 1.82) is 0 Å². The Hall–Kier alpha value is -3.32. The lowest BCUT2D eigenvalue weighted by atomic mass is 9.96. The number of carbonyl (C=O) groups excluding carboxylic acids is 2. The zero-order valence-corrected chi connectivity index (χ0v) is 19.2. The van der Waals surface area contributed by atoms with Gasteiger partial charge >= 0.3 is 5.97 Å². The average molecular weight is 448 g/mol. The van der Waals surface area contributed by atoms with Crippen LogP contribution in [0.3, 0.4) is 0 Å². The van der Waals surface area contributed by atoms with Crippen LogP contribution >= 0.6 is 11.3 Å². The van der Waals surface area contributed by atoms with E-state index in [1.807, 2.05) is 56.3 Å². The van der Waals surface area contributed by atoms with Crippen molar-refractivity contribution in [3.8, 4) is 0 Å². The zero-order valence-electron chi connectivity index (χ0n) is 18.4. The summed E-state index contributed by atoms with van der Waals surface area (Å²) in [5.74, 6) is -0.924. The molecule has 0 unspecified atom stereocenters. The van der Waals surface area contributed by atoms with Crippen molar-refractivity contribution in [3.05, 3.63) is 64.8 Å². The molecule has 6 nitrogen and oxygen atoms in total. The van der Waals surface area contributed by atoms with E-state index in [1.165, 1.54) is 11.3 Å². The second-order valence-corrected chi connectivity index (χ2v) is 8.68. The summed E-state index contributed by atoms with van der Waals surface area (Å²) in [7, 11) is 0. The molecule has 2 heterocycles. The fourth-order valence-corrected chi connectivity index (χ4v) is 4.78. The Bertz CT molecular complexity index is 1310. The van der Waals surface area contributed by atoms with E-state index in [2.05, 4.69) is 17.2 Å². The number of anilines is 1. The maximum Gasteiger partial charge on any atom is 0.339 e. The lowest BCUT2D eigenvalue weighted by Gasteiger charge is -2.15. The van der Waals surface area contributed by atoms with Gasteiger partial charge in [-0.25, -0.2) is 9.78 Å². The first-order valence-electron chi connectivity index (χ1n) is 10.7. The fourth-order valence-electron chi connectivity index (χ4n) is 3.80. The fraction of sp³-hybridized carbons (Fsp3) is 0.280. The van der Waals surface area contributed by atoms with Gasteiger partial charge in [0.25, 0.3) is 5.91 Å². The molecule has 1 amide bonds. The second kappa shape index (κ2) is 9.44. The Labute approximate surface area is 190 Å². The van der Waals surface area contributed by atoms with Crippen LogP contribution in [0.1, 0.15) is 47.4 Å². The normalized spacial score (nSPS) is 11.1. The van der Waals surface area contributed by atoms with E-state index in [0.29, 0.717) is 17.1 Å². The maximum atomic E-state index is 13.1. The SMILES string of the molecule is CCCc1nc2ccccc2c(C(=O)OCC(=O)Nc2nc3ccc(C)cc3s2)c1CC. The molecule has 32 heavy (non-hydrogen) atoms. The first-order chi connectivity index (χ1) is 15.5. The summed E-state index contributed by atoms with van der Waals surface area (Å²) in [6.45, 7) is 5.72. The molecule has 4 aromatic rings. The summed E-state index contributed by atoms with van der Waals surface area (Å²) in [6, 6.07) is 13.5. The number of aryl methyl sites for hydroxylation is 2. The second-order valence-electron chi connectivity index (χ2n) is 7.65. The number of para-hydroxylation sites is 1. The third kappa shape index (κ3) is 4.48. The van der Waals surface area contributed by atoms with E-state index >= 15 is 0 Å². The van der Waals surface area contributed by atoms with Gasteiger partial charge in [-0.15, -0.1) is 0 Å². The van der Waals surface area contributed by atoms with Gasteiger partial charge in [0.05, 0.1) is 21.3 Å². The Balaban J connectivity index is 1.53. The summed E-state index contributed by atoms with van der Waals surface area (Å²) in [5, 5.41) is 3.97. The maximum absolute atomic E-state index is 13.1. The van der Waals surface area contributed by atoms with Crippen molar-refractivity contribution in [3.63, 3.8) is 0 Å². The highest BCUT2D eigenvalue weighted by Crippen LogP contribution is 2.27. The van der Waals surface area contributed by atoms with Gasteiger partial charge in [-0.3, -0.25) is 15.1 Å². The minimum absolute atomic E-state index is 0.378. The molecule has 0 aliphatic carbocycles. The molecule has 0 radical (unpaired) electrons. The summed E-state index contributed by atoms with van der Waals surface area (Å²) >= 11 is 1.39. The molecule has 0 fully saturated rings. The monoisotopic (exact) mass is 447 g/mol. The van der Waals surface area contributed by atoms with Gasteiger partial charge in [0.1, 0.15) is 0 Å². The molecular formula is C25H25N3O3S. The van der Waals surface area contributed by atoms with E-state index in [1.54, 1.807) is 0 Å². The number of benzene rings is 2. The minimum Gasteiger partial charge on any atom is -0.452 e. The van der Waals surface area contributed by atoms with Crippen LogP contribution in [0.25, 0.3) is 21.1 Å². The number of ether oxygens (including phenoxy) is 1. The largest absolute Gasteiger partial charge is 0.452 e. The first kappa shape index (κ1) is 21.9. The third-order valence-corrected chi connectivity index (χ3v) is 6.18.